The highest BCUT2D eigenvalue weighted by Crippen LogP contribution is 2.69. The molecular formula is C43H28S. The Morgan fingerprint density at radius 2 is 1.41 bits per heavy atom. The van der Waals surface area contributed by atoms with Crippen molar-refractivity contribution < 1.29 is 0 Å². The molecular weight excluding hydrogens is 549 g/mol. The van der Waals surface area contributed by atoms with E-state index in [2.05, 4.69) is 134 Å². The molecule has 0 saturated heterocycles. The van der Waals surface area contributed by atoms with Gasteiger partial charge < -0.3 is 0 Å². The lowest BCUT2D eigenvalue weighted by Gasteiger charge is -2.41. The first kappa shape index (κ1) is 23.7. The third-order valence-electron chi connectivity index (χ3n) is 11.3. The SMILES string of the molecule is C1=CCC2C(=C1)c1ccccc1C21c2cccc3c2c2c(c4ccc(-c5cccc6c5sc5ccccc56)cc43)C=CCC21. The molecule has 0 fully saturated rings. The number of thiophene rings is 1. The van der Waals surface area contributed by atoms with Crippen molar-refractivity contribution in [2.45, 2.75) is 24.2 Å². The Morgan fingerprint density at radius 3 is 2.41 bits per heavy atom. The van der Waals surface area contributed by atoms with E-state index in [0.29, 0.717) is 11.8 Å². The summed E-state index contributed by atoms with van der Waals surface area (Å²) >= 11 is 1.92. The minimum atomic E-state index is -0.0303. The van der Waals surface area contributed by atoms with Gasteiger partial charge in [0.25, 0.3) is 0 Å². The van der Waals surface area contributed by atoms with Crippen LogP contribution in [-0.2, 0) is 5.41 Å². The maximum Gasteiger partial charge on any atom is 0.0433 e. The van der Waals surface area contributed by atoms with E-state index in [-0.39, 0.29) is 5.41 Å². The molecule has 44 heavy (non-hydrogen) atoms. The summed E-state index contributed by atoms with van der Waals surface area (Å²) in [5.74, 6) is 0.916. The van der Waals surface area contributed by atoms with Crippen LogP contribution in [0.3, 0.4) is 0 Å². The fourth-order valence-corrected chi connectivity index (χ4v) is 11.0. The van der Waals surface area contributed by atoms with Gasteiger partial charge in [0.05, 0.1) is 0 Å². The number of rotatable bonds is 1. The van der Waals surface area contributed by atoms with E-state index in [1.165, 1.54) is 75.1 Å². The molecule has 0 bridgehead atoms. The maximum atomic E-state index is 2.49. The number of allylic oxidation sites excluding steroid dienone is 5. The Balaban J connectivity index is 1.23. The average molecular weight is 577 g/mol. The predicted molar refractivity (Wildman–Crippen MR) is 189 cm³/mol. The van der Waals surface area contributed by atoms with Crippen molar-refractivity contribution in [3.8, 4) is 11.1 Å². The van der Waals surface area contributed by atoms with E-state index < -0.39 is 0 Å². The molecule has 11 rings (SSSR count). The van der Waals surface area contributed by atoms with Gasteiger partial charge in [-0.25, -0.2) is 0 Å². The van der Waals surface area contributed by atoms with Gasteiger partial charge in [0.15, 0.2) is 0 Å². The minimum Gasteiger partial charge on any atom is -0.135 e. The highest BCUT2D eigenvalue weighted by atomic mass is 32.1. The molecule has 1 heteroatoms. The van der Waals surface area contributed by atoms with Gasteiger partial charge in [-0.05, 0) is 91.0 Å². The summed E-state index contributed by atoms with van der Waals surface area (Å²) in [5, 5.41) is 8.42. The molecule has 0 N–H and O–H groups in total. The van der Waals surface area contributed by atoms with Crippen molar-refractivity contribution in [3.63, 3.8) is 0 Å². The minimum absolute atomic E-state index is 0.0303. The summed E-state index contributed by atoms with van der Waals surface area (Å²) in [6, 6.07) is 39.5. The molecule has 1 heterocycles. The summed E-state index contributed by atoms with van der Waals surface area (Å²) in [4.78, 5) is 0. The normalized spacial score (nSPS) is 22.4. The van der Waals surface area contributed by atoms with Gasteiger partial charge in [-0.1, -0.05) is 121 Å². The molecule has 4 aliphatic carbocycles. The summed E-state index contributed by atoms with van der Waals surface area (Å²) < 4.78 is 2.74. The van der Waals surface area contributed by atoms with Crippen LogP contribution in [0.15, 0.2) is 127 Å². The third kappa shape index (κ3) is 2.68. The van der Waals surface area contributed by atoms with E-state index >= 15 is 0 Å². The van der Waals surface area contributed by atoms with Crippen LogP contribution in [-0.4, -0.2) is 0 Å². The van der Waals surface area contributed by atoms with Crippen LogP contribution in [0.2, 0.25) is 0 Å². The molecule has 1 aromatic heterocycles. The van der Waals surface area contributed by atoms with Crippen LogP contribution >= 0.6 is 11.3 Å². The lowest BCUT2D eigenvalue weighted by molar-refractivity contribution is 0.350. The number of fused-ring (bicyclic) bond motifs is 13. The Hall–Kier alpha value is -4.72. The molecule has 1 spiro atoms. The molecule has 4 aliphatic rings. The lowest BCUT2D eigenvalue weighted by Crippen LogP contribution is -2.37. The number of benzene rings is 6. The first-order valence-corrected chi connectivity index (χ1v) is 16.7. The molecule has 0 nitrogen and oxygen atoms in total. The fraction of sp³-hybridized carbons (Fsp3) is 0.116. The third-order valence-corrected chi connectivity index (χ3v) is 12.6. The van der Waals surface area contributed by atoms with Gasteiger partial charge in [0.1, 0.15) is 0 Å². The Bertz CT molecular complexity index is 2520. The van der Waals surface area contributed by atoms with E-state index in [1.807, 2.05) is 11.3 Å². The first-order chi connectivity index (χ1) is 21.8. The highest BCUT2D eigenvalue weighted by Gasteiger charge is 2.59. The van der Waals surface area contributed by atoms with Crippen molar-refractivity contribution in [2.75, 3.05) is 0 Å². The molecule has 0 amide bonds. The van der Waals surface area contributed by atoms with Gasteiger partial charge in [-0.2, -0.15) is 0 Å². The van der Waals surface area contributed by atoms with Crippen molar-refractivity contribution in [2.24, 2.45) is 5.92 Å². The van der Waals surface area contributed by atoms with Crippen molar-refractivity contribution >= 4 is 64.7 Å². The zero-order chi connectivity index (χ0) is 28.6. The van der Waals surface area contributed by atoms with Gasteiger partial charge in [-0.3, -0.25) is 0 Å². The lowest BCUT2D eigenvalue weighted by atomic mass is 9.60. The van der Waals surface area contributed by atoms with Crippen LogP contribution in [0.1, 0.15) is 46.6 Å². The van der Waals surface area contributed by atoms with Gasteiger partial charge in [0.2, 0.25) is 0 Å². The molecule has 0 aliphatic heterocycles. The summed E-state index contributed by atoms with van der Waals surface area (Å²) in [5.41, 5.74) is 11.7. The van der Waals surface area contributed by atoms with Gasteiger partial charge in [-0.15, -0.1) is 11.3 Å². The summed E-state index contributed by atoms with van der Waals surface area (Å²) in [6.45, 7) is 0. The van der Waals surface area contributed by atoms with Gasteiger partial charge >= 0.3 is 0 Å². The molecule has 206 valence electrons. The molecule has 6 aromatic carbocycles. The van der Waals surface area contributed by atoms with Crippen molar-refractivity contribution in [1.29, 1.82) is 0 Å². The zero-order valence-electron chi connectivity index (χ0n) is 24.2. The van der Waals surface area contributed by atoms with E-state index in [1.54, 1.807) is 11.1 Å². The Labute approximate surface area is 260 Å². The fourth-order valence-electron chi connectivity index (χ4n) is 9.80. The van der Waals surface area contributed by atoms with Crippen LogP contribution in [0.25, 0.3) is 64.5 Å². The summed E-state index contributed by atoms with van der Waals surface area (Å²) in [6.07, 6.45) is 14.2. The van der Waals surface area contributed by atoms with Crippen LogP contribution < -0.4 is 0 Å². The number of hydrogen-bond acceptors (Lipinski definition) is 1. The van der Waals surface area contributed by atoms with E-state index in [4.69, 9.17) is 0 Å². The molecule has 7 aromatic rings. The predicted octanol–water partition coefficient (Wildman–Crippen LogP) is 11.8. The van der Waals surface area contributed by atoms with Crippen LogP contribution in [0.4, 0.5) is 0 Å². The largest absolute Gasteiger partial charge is 0.135 e. The monoisotopic (exact) mass is 576 g/mol. The number of hydrogen-bond donors (Lipinski definition) is 0. The smallest absolute Gasteiger partial charge is 0.0433 e. The van der Waals surface area contributed by atoms with Crippen molar-refractivity contribution in [3.05, 3.63) is 155 Å². The van der Waals surface area contributed by atoms with E-state index in [0.717, 1.165) is 12.8 Å². The maximum absolute atomic E-state index is 2.49. The standard InChI is InChI=1S/C43H28S/c1-4-17-35-28(10-1)29-11-2-5-18-36(29)43(35)37-19-8-14-31-27-23-22-25(24-34(27)32-15-9-20-38(43)41(32)40(31)37)26-13-7-16-33-30-12-3-6-21-39(30)44-42(26)33/h1-17,20-24,36-37H,18-19H2. The topological polar surface area (TPSA) is 0 Å². The van der Waals surface area contributed by atoms with Crippen LogP contribution in [0, 0.1) is 5.92 Å². The first-order valence-electron chi connectivity index (χ1n) is 15.9. The van der Waals surface area contributed by atoms with Crippen molar-refractivity contribution in [1.82, 2.24) is 0 Å². The second-order valence-corrected chi connectivity index (χ2v) is 14.1. The molecule has 0 saturated carbocycles. The van der Waals surface area contributed by atoms with Crippen LogP contribution in [0.5, 0.6) is 0 Å². The summed E-state index contributed by atoms with van der Waals surface area (Å²) in [7, 11) is 0. The van der Waals surface area contributed by atoms with E-state index in [9.17, 15) is 0 Å². The second kappa shape index (κ2) is 8.25. The molecule has 0 radical (unpaired) electrons. The Kier molecular flexibility index (Phi) is 4.45. The van der Waals surface area contributed by atoms with Gasteiger partial charge in [0, 0.05) is 37.4 Å². The molecule has 3 unspecified atom stereocenters. The Morgan fingerprint density at radius 1 is 0.614 bits per heavy atom. The highest BCUT2D eigenvalue weighted by molar-refractivity contribution is 7.26. The second-order valence-electron chi connectivity index (χ2n) is 13.0. The quantitative estimate of drug-likeness (QED) is 0.171. The molecule has 3 atom stereocenters. The zero-order valence-corrected chi connectivity index (χ0v) is 25.0. The average Bonchev–Trinajstić information content (AvgIpc) is 3.72.